The van der Waals surface area contributed by atoms with Crippen LogP contribution in [0.5, 0.6) is 0 Å². The van der Waals surface area contributed by atoms with Gasteiger partial charge in [0.15, 0.2) is 5.82 Å². The number of hydrogen-bond donors (Lipinski definition) is 1. The molecular formula is C22H33N7O. The molecule has 8 nitrogen and oxygen atoms in total. The van der Waals surface area contributed by atoms with E-state index < -0.39 is 0 Å². The van der Waals surface area contributed by atoms with Gasteiger partial charge in [-0.15, -0.1) is 5.10 Å². The number of aromatic nitrogens is 4. The summed E-state index contributed by atoms with van der Waals surface area (Å²) < 4.78 is 1.65. The fourth-order valence-electron chi connectivity index (χ4n) is 4.45. The third-order valence-electron chi connectivity index (χ3n) is 6.26. The summed E-state index contributed by atoms with van der Waals surface area (Å²) in [7, 11) is 0. The molecule has 0 radical (unpaired) electrons. The second kappa shape index (κ2) is 10.1. The molecule has 1 amide bonds. The number of nitrogens with zero attached hydrogens (tertiary/aromatic N) is 6. The summed E-state index contributed by atoms with van der Waals surface area (Å²) in [6.07, 6.45) is 4.54. The summed E-state index contributed by atoms with van der Waals surface area (Å²) in [5.41, 5.74) is 1.31. The van der Waals surface area contributed by atoms with Gasteiger partial charge in [-0.2, -0.15) is 0 Å². The van der Waals surface area contributed by atoms with E-state index in [4.69, 9.17) is 0 Å². The topological polar surface area (TPSA) is 79.2 Å². The van der Waals surface area contributed by atoms with Crippen LogP contribution in [0.4, 0.5) is 0 Å². The first-order chi connectivity index (χ1) is 14.7. The van der Waals surface area contributed by atoms with Crippen molar-refractivity contribution in [3.63, 3.8) is 0 Å². The third kappa shape index (κ3) is 5.86. The molecule has 1 unspecified atom stereocenters. The minimum Gasteiger partial charge on any atom is -0.350 e. The molecule has 2 aromatic rings. The normalized spacial score (nSPS) is 21.6. The van der Waals surface area contributed by atoms with Crippen molar-refractivity contribution in [1.82, 2.24) is 35.3 Å². The van der Waals surface area contributed by atoms with E-state index in [2.05, 4.69) is 61.8 Å². The van der Waals surface area contributed by atoms with Crippen LogP contribution in [0.1, 0.15) is 44.0 Å². The van der Waals surface area contributed by atoms with E-state index >= 15 is 0 Å². The highest BCUT2D eigenvalue weighted by Crippen LogP contribution is 2.17. The fourth-order valence-corrected chi connectivity index (χ4v) is 4.45. The average Bonchev–Trinajstić information content (AvgIpc) is 3.17. The monoisotopic (exact) mass is 411 g/mol. The maximum absolute atomic E-state index is 12.7. The van der Waals surface area contributed by atoms with Crippen molar-refractivity contribution in [3.05, 3.63) is 41.7 Å². The quantitative estimate of drug-likeness (QED) is 0.747. The fraction of sp³-hybridized carbons (Fsp3) is 0.636. The first kappa shape index (κ1) is 20.9. The number of likely N-dealkylation sites (tertiary alicyclic amines) is 2. The van der Waals surface area contributed by atoms with Crippen molar-refractivity contribution >= 4 is 5.91 Å². The molecule has 0 saturated carbocycles. The van der Waals surface area contributed by atoms with Gasteiger partial charge >= 0.3 is 0 Å². The maximum atomic E-state index is 12.7. The molecule has 0 aliphatic carbocycles. The summed E-state index contributed by atoms with van der Waals surface area (Å²) in [5.74, 6) is 1.55. The van der Waals surface area contributed by atoms with Gasteiger partial charge in [0, 0.05) is 19.1 Å². The number of benzene rings is 1. The van der Waals surface area contributed by atoms with Crippen molar-refractivity contribution in [2.75, 3.05) is 26.2 Å². The highest BCUT2D eigenvalue weighted by molar-refractivity contribution is 5.76. The molecular weight excluding hydrogens is 378 g/mol. The molecule has 1 aromatic carbocycles. The Hall–Kier alpha value is -2.32. The first-order valence-corrected chi connectivity index (χ1v) is 11.2. The summed E-state index contributed by atoms with van der Waals surface area (Å²) in [6.45, 7) is 8.22. The minimum atomic E-state index is -0.0117. The summed E-state index contributed by atoms with van der Waals surface area (Å²) in [6, 6.07) is 10.7. The average molecular weight is 412 g/mol. The van der Waals surface area contributed by atoms with Gasteiger partial charge in [-0.25, -0.2) is 4.68 Å². The zero-order chi connectivity index (χ0) is 20.8. The Morgan fingerprint density at radius 3 is 2.67 bits per heavy atom. The number of hydrogen-bond acceptors (Lipinski definition) is 6. The zero-order valence-corrected chi connectivity index (χ0v) is 17.9. The van der Waals surface area contributed by atoms with Crippen LogP contribution < -0.4 is 5.32 Å². The van der Waals surface area contributed by atoms with Crippen LogP contribution in [0.25, 0.3) is 0 Å². The van der Waals surface area contributed by atoms with Crippen molar-refractivity contribution in [2.45, 2.75) is 58.3 Å². The van der Waals surface area contributed by atoms with Crippen molar-refractivity contribution < 1.29 is 4.79 Å². The van der Waals surface area contributed by atoms with Crippen LogP contribution in [0.15, 0.2) is 30.3 Å². The lowest BCUT2D eigenvalue weighted by Crippen LogP contribution is -2.48. The van der Waals surface area contributed by atoms with Crippen molar-refractivity contribution in [2.24, 2.45) is 5.92 Å². The predicted octanol–water partition coefficient (Wildman–Crippen LogP) is 1.69. The van der Waals surface area contributed by atoms with Gasteiger partial charge in [-0.05, 0) is 67.2 Å². The molecule has 3 heterocycles. The lowest BCUT2D eigenvalue weighted by Gasteiger charge is -2.33. The number of rotatable bonds is 7. The zero-order valence-electron chi connectivity index (χ0n) is 17.9. The highest BCUT2D eigenvalue weighted by Gasteiger charge is 2.23. The number of piperidine rings is 2. The smallest absolute Gasteiger partial charge is 0.242 e. The van der Waals surface area contributed by atoms with Gasteiger partial charge in [-0.1, -0.05) is 37.3 Å². The summed E-state index contributed by atoms with van der Waals surface area (Å²) >= 11 is 0. The number of tetrazole rings is 1. The Labute approximate surface area is 178 Å². The number of amides is 1. The molecule has 8 heteroatoms. The van der Waals surface area contributed by atoms with E-state index in [9.17, 15) is 4.79 Å². The molecule has 0 bridgehead atoms. The van der Waals surface area contributed by atoms with E-state index in [-0.39, 0.29) is 18.5 Å². The molecule has 2 fully saturated rings. The van der Waals surface area contributed by atoms with E-state index in [0.717, 1.165) is 57.3 Å². The summed E-state index contributed by atoms with van der Waals surface area (Å²) in [4.78, 5) is 17.5. The van der Waals surface area contributed by atoms with Gasteiger partial charge in [0.2, 0.25) is 5.91 Å². The Morgan fingerprint density at radius 2 is 1.87 bits per heavy atom. The standard InChI is InChI=1S/C22H33N7O/c1-18-9-12-27(13-10-18)16-21-24-25-26-29(21)17-22(30)23-20-8-5-11-28(15-20)14-19-6-3-2-4-7-19/h2-4,6-7,18,20H,5,8-17H2,1H3,(H,23,30). The maximum Gasteiger partial charge on any atom is 0.242 e. The molecule has 1 N–H and O–H groups in total. The molecule has 2 aliphatic heterocycles. The predicted molar refractivity (Wildman–Crippen MR) is 114 cm³/mol. The van der Waals surface area contributed by atoms with E-state index in [1.54, 1.807) is 4.68 Å². The number of nitrogens with one attached hydrogen (secondary N) is 1. The van der Waals surface area contributed by atoms with Gasteiger partial charge in [-0.3, -0.25) is 14.6 Å². The number of carbonyl (C=O) groups is 1. The SMILES string of the molecule is CC1CCN(Cc2nnnn2CC(=O)NC2CCCN(Cc3ccccc3)C2)CC1. The van der Waals surface area contributed by atoms with Gasteiger partial charge < -0.3 is 5.32 Å². The lowest BCUT2D eigenvalue weighted by atomic mass is 9.99. The van der Waals surface area contributed by atoms with Gasteiger partial charge in [0.25, 0.3) is 0 Å². The molecule has 2 saturated heterocycles. The van der Waals surface area contributed by atoms with E-state index in [0.29, 0.717) is 6.54 Å². The molecule has 1 aromatic heterocycles. The van der Waals surface area contributed by atoms with Crippen molar-refractivity contribution in [1.29, 1.82) is 0 Å². The van der Waals surface area contributed by atoms with Crippen molar-refractivity contribution in [3.8, 4) is 0 Å². The Kier molecular flexibility index (Phi) is 7.07. The van der Waals surface area contributed by atoms with Crippen LogP contribution >= 0.6 is 0 Å². The van der Waals surface area contributed by atoms with Crippen LogP contribution in [0.3, 0.4) is 0 Å². The second-order valence-electron chi connectivity index (χ2n) is 8.84. The molecule has 0 spiro atoms. The van der Waals surface area contributed by atoms with Crippen LogP contribution in [0.2, 0.25) is 0 Å². The summed E-state index contributed by atoms with van der Waals surface area (Å²) in [5, 5.41) is 15.2. The Balaban J connectivity index is 1.26. The van der Waals surface area contributed by atoms with Crippen LogP contribution in [-0.4, -0.2) is 68.1 Å². The molecule has 1 atom stereocenters. The second-order valence-corrected chi connectivity index (χ2v) is 8.84. The first-order valence-electron chi connectivity index (χ1n) is 11.2. The Morgan fingerprint density at radius 1 is 1.07 bits per heavy atom. The lowest BCUT2D eigenvalue weighted by molar-refractivity contribution is -0.123. The Bertz CT molecular complexity index is 801. The minimum absolute atomic E-state index is 0.0117. The molecule has 2 aliphatic rings. The molecule has 162 valence electrons. The largest absolute Gasteiger partial charge is 0.350 e. The third-order valence-corrected chi connectivity index (χ3v) is 6.26. The molecule has 4 rings (SSSR count). The van der Waals surface area contributed by atoms with Crippen LogP contribution in [-0.2, 0) is 24.4 Å². The van der Waals surface area contributed by atoms with Gasteiger partial charge in [0.1, 0.15) is 6.54 Å². The highest BCUT2D eigenvalue weighted by atomic mass is 16.2. The van der Waals surface area contributed by atoms with E-state index in [1.165, 1.54) is 18.4 Å². The van der Waals surface area contributed by atoms with Gasteiger partial charge in [0.05, 0.1) is 6.54 Å². The molecule has 30 heavy (non-hydrogen) atoms. The van der Waals surface area contributed by atoms with Crippen LogP contribution in [0, 0.1) is 5.92 Å². The van der Waals surface area contributed by atoms with E-state index in [1.807, 2.05) is 6.07 Å². The number of carbonyl (C=O) groups excluding carboxylic acids is 1.